The number of rotatable bonds is 7. The van der Waals surface area contributed by atoms with Gasteiger partial charge in [0, 0.05) is 32.0 Å². The lowest BCUT2D eigenvalue weighted by Crippen LogP contribution is -2.45. The van der Waals surface area contributed by atoms with Gasteiger partial charge in [-0.3, -0.25) is 9.59 Å². The van der Waals surface area contributed by atoms with Crippen molar-refractivity contribution in [2.24, 2.45) is 5.92 Å². The highest BCUT2D eigenvalue weighted by atomic mass is 16.2. The predicted molar refractivity (Wildman–Crippen MR) is 81.3 cm³/mol. The highest BCUT2D eigenvalue weighted by molar-refractivity contribution is 5.78. The number of nitrogens with one attached hydrogen (secondary N) is 1. The average molecular weight is 282 g/mol. The van der Waals surface area contributed by atoms with Crippen LogP contribution in [0.25, 0.3) is 0 Å². The van der Waals surface area contributed by atoms with Crippen molar-refractivity contribution in [3.63, 3.8) is 0 Å². The average Bonchev–Trinajstić information content (AvgIpc) is 2.45. The molecule has 0 radical (unpaired) electrons. The Balaban J connectivity index is 2.39. The molecule has 4 heteroatoms. The molecular formula is C16H30N2O2. The zero-order chi connectivity index (χ0) is 15.0. The number of amides is 2. The van der Waals surface area contributed by atoms with Gasteiger partial charge in [0.2, 0.25) is 11.8 Å². The maximum Gasteiger partial charge on any atom is 0.223 e. The summed E-state index contributed by atoms with van der Waals surface area (Å²) >= 11 is 0. The third kappa shape index (κ3) is 5.14. The molecule has 1 aliphatic carbocycles. The van der Waals surface area contributed by atoms with Gasteiger partial charge >= 0.3 is 0 Å². The summed E-state index contributed by atoms with van der Waals surface area (Å²) in [6, 6.07) is 0.381. The molecule has 20 heavy (non-hydrogen) atoms. The molecule has 4 nitrogen and oxygen atoms in total. The second-order valence-corrected chi connectivity index (χ2v) is 5.81. The zero-order valence-electron chi connectivity index (χ0n) is 13.3. The Morgan fingerprint density at radius 1 is 1.15 bits per heavy atom. The maximum absolute atomic E-state index is 11.9. The van der Waals surface area contributed by atoms with Gasteiger partial charge in [0.25, 0.3) is 0 Å². The lowest BCUT2D eigenvalue weighted by atomic mass is 9.94. The quantitative estimate of drug-likeness (QED) is 0.780. The fourth-order valence-electron chi connectivity index (χ4n) is 3.09. The summed E-state index contributed by atoms with van der Waals surface area (Å²) < 4.78 is 0. The summed E-state index contributed by atoms with van der Waals surface area (Å²) in [6.07, 6.45) is 7.69. The molecule has 0 heterocycles. The molecule has 0 aliphatic heterocycles. The summed E-state index contributed by atoms with van der Waals surface area (Å²) in [6.45, 7) is 6.93. The first-order valence-corrected chi connectivity index (χ1v) is 8.15. The van der Waals surface area contributed by atoms with E-state index in [0.717, 1.165) is 25.7 Å². The van der Waals surface area contributed by atoms with E-state index in [0.29, 0.717) is 19.1 Å². The predicted octanol–water partition coefficient (Wildman–Crippen LogP) is 2.72. The normalized spacial score (nSPS) is 16.2. The van der Waals surface area contributed by atoms with Crippen LogP contribution in [0.15, 0.2) is 0 Å². The first-order valence-electron chi connectivity index (χ1n) is 8.15. The van der Waals surface area contributed by atoms with E-state index in [1.54, 1.807) is 6.92 Å². The molecule has 0 aromatic heterocycles. The van der Waals surface area contributed by atoms with Crippen LogP contribution in [0.3, 0.4) is 0 Å². The molecule has 0 atom stereocenters. The van der Waals surface area contributed by atoms with Crippen molar-refractivity contribution in [2.75, 3.05) is 13.1 Å². The van der Waals surface area contributed by atoms with E-state index < -0.39 is 0 Å². The monoisotopic (exact) mass is 282 g/mol. The summed E-state index contributed by atoms with van der Waals surface area (Å²) in [5, 5.41) is 2.98. The smallest absolute Gasteiger partial charge is 0.223 e. The van der Waals surface area contributed by atoms with E-state index in [1.165, 1.54) is 19.3 Å². The van der Waals surface area contributed by atoms with Gasteiger partial charge in [-0.1, -0.05) is 33.1 Å². The SMILES string of the molecule is CCC(CC)C(=O)NCCN(C(C)=O)C1CCCCC1. The Morgan fingerprint density at radius 3 is 2.25 bits per heavy atom. The number of hydrogen-bond donors (Lipinski definition) is 1. The summed E-state index contributed by atoms with van der Waals surface area (Å²) in [7, 11) is 0. The number of nitrogens with zero attached hydrogens (tertiary/aromatic N) is 1. The first kappa shape index (κ1) is 17.0. The van der Waals surface area contributed by atoms with Crippen LogP contribution in [0.5, 0.6) is 0 Å². The van der Waals surface area contributed by atoms with Crippen molar-refractivity contribution < 1.29 is 9.59 Å². The Labute approximate surface area is 123 Å². The number of hydrogen-bond acceptors (Lipinski definition) is 2. The van der Waals surface area contributed by atoms with Crippen LogP contribution >= 0.6 is 0 Å². The van der Waals surface area contributed by atoms with Crippen molar-refractivity contribution in [3.8, 4) is 0 Å². The Bertz CT molecular complexity index is 308. The lowest BCUT2D eigenvalue weighted by molar-refractivity contribution is -0.132. The van der Waals surface area contributed by atoms with Gasteiger partial charge in [0.15, 0.2) is 0 Å². The maximum atomic E-state index is 11.9. The number of carbonyl (C=O) groups excluding carboxylic acids is 2. The molecule has 1 aliphatic rings. The molecule has 1 fully saturated rings. The molecule has 0 bridgehead atoms. The van der Waals surface area contributed by atoms with E-state index in [4.69, 9.17) is 0 Å². The van der Waals surface area contributed by atoms with Crippen LogP contribution < -0.4 is 5.32 Å². The van der Waals surface area contributed by atoms with Crippen molar-refractivity contribution >= 4 is 11.8 Å². The molecule has 1 saturated carbocycles. The van der Waals surface area contributed by atoms with E-state index in [-0.39, 0.29) is 17.7 Å². The van der Waals surface area contributed by atoms with E-state index in [9.17, 15) is 9.59 Å². The van der Waals surface area contributed by atoms with Crippen molar-refractivity contribution in [1.82, 2.24) is 10.2 Å². The minimum atomic E-state index is 0.107. The Hall–Kier alpha value is -1.06. The molecular weight excluding hydrogens is 252 g/mol. The van der Waals surface area contributed by atoms with Gasteiger partial charge in [-0.25, -0.2) is 0 Å². The van der Waals surface area contributed by atoms with Gasteiger partial charge in [-0.15, -0.1) is 0 Å². The third-order valence-corrected chi connectivity index (χ3v) is 4.43. The topological polar surface area (TPSA) is 49.4 Å². The van der Waals surface area contributed by atoms with Crippen LogP contribution in [0.1, 0.15) is 65.7 Å². The third-order valence-electron chi connectivity index (χ3n) is 4.43. The van der Waals surface area contributed by atoms with Crippen LogP contribution in [-0.4, -0.2) is 35.8 Å². The lowest BCUT2D eigenvalue weighted by Gasteiger charge is -2.33. The van der Waals surface area contributed by atoms with Gasteiger partial charge < -0.3 is 10.2 Å². The largest absolute Gasteiger partial charge is 0.354 e. The molecule has 0 aromatic carbocycles. The minimum Gasteiger partial charge on any atom is -0.354 e. The molecule has 0 aromatic rings. The summed E-state index contributed by atoms with van der Waals surface area (Å²) in [4.78, 5) is 25.6. The first-order chi connectivity index (χ1) is 9.60. The second kappa shape index (κ2) is 8.98. The zero-order valence-corrected chi connectivity index (χ0v) is 13.3. The van der Waals surface area contributed by atoms with Crippen molar-refractivity contribution in [3.05, 3.63) is 0 Å². The molecule has 0 spiro atoms. The van der Waals surface area contributed by atoms with E-state index in [1.807, 2.05) is 18.7 Å². The highest BCUT2D eigenvalue weighted by Gasteiger charge is 2.23. The van der Waals surface area contributed by atoms with Crippen LogP contribution in [-0.2, 0) is 9.59 Å². The summed E-state index contributed by atoms with van der Waals surface area (Å²) in [5.41, 5.74) is 0. The van der Waals surface area contributed by atoms with Crippen molar-refractivity contribution in [2.45, 2.75) is 71.8 Å². The van der Waals surface area contributed by atoms with E-state index in [2.05, 4.69) is 5.32 Å². The van der Waals surface area contributed by atoms with Crippen LogP contribution in [0.4, 0.5) is 0 Å². The molecule has 116 valence electrons. The fraction of sp³-hybridized carbons (Fsp3) is 0.875. The highest BCUT2D eigenvalue weighted by Crippen LogP contribution is 2.22. The molecule has 1 N–H and O–H groups in total. The standard InChI is InChI=1S/C16H30N2O2/c1-4-14(5-2)16(20)17-11-12-18(13(3)19)15-9-7-6-8-10-15/h14-15H,4-12H2,1-3H3,(H,17,20). The fourth-order valence-corrected chi connectivity index (χ4v) is 3.09. The van der Waals surface area contributed by atoms with Gasteiger partial charge in [0.05, 0.1) is 0 Å². The minimum absolute atomic E-state index is 0.107. The van der Waals surface area contributed by atoms with Gasteiger partial charge in [0.1, 0.15) is 0 Å². The van der Waals surface area contributed by atoms with Gasteiger partial charge in [-0.2, -0.15) is 0 Å². The molecule has 2 amide bonds. The van der Waals surface area contributed by atoms with E-state index >= 15 is 0 Å². The number of carbonyl (C=O) groups is 2. The van der Waals surface area contributed by atoms with Gasteiger partial charge in [-0.05, 0) is 25.7 Å². The second-order valence-electron chi connectivity index (χ2n) is 5.81. The molecule has 0 unspecified atom stereocenters. The van der Waals surface area contributed by atoms with Crippen molar-refractivity contribution in [1.29, 1.82) is 0 Å². The van der Waals surface area contributed by atoms with Crippen LogP contribution in [0, 0.1) is 5.92 Å². The summed E-state index contributed by atoms with van der Waals surface area (Å²) in [5.74, 6) is 0.367. The van der Waals surface area contributed by atoms with Crippen LogP contribution in [0.2, 0.25) is 0 Å². The molecule has 0 saturated heterocycles. The Kier molecular flexibility index (Phi) is 7.63. The molecule has 1 rings (SSSR count). The Morgan fingerprint density at radius 2 is 1.75 bits per heavy atom.